The van der Waals surface area contributed by atoms with Crippen LogP contribution in [-0.4, -0.2) is 5.66 Å². The summed E-state index contributed by atoms with van der Waals surface area (Å²) < 4.78 is 10.3. The van der Waals surface area contributed by atoms with Crippen LogP contribution < -0.4 is 9.79 Å². The average Bonchev–Trinajstić information content (AvgIpc) is 1.65. The molecule has 0 aliphatic rings. The molecule has 0 aromatic rings. The minimum Gasteiger partial charge on any atom is -0.811 e. The van der Waals surface area contributed by atoms with E-state index >= 15 is 0 Å². The van der Waals surface area contributed by atoms with Gasteiger partial charge in [-0.1, -0.05) is 21.4 Å². The standard InChI is InChI=1S/C5H13O3P/c1-3-5(4-2)9(6,7)8/h5H,3-4H2,1-2H3,(H2,6,7,8)/p-2. The smallest absolute Gasteiger partial charge is 0.0139 e. The van der Waals surface area contributed by atoms with Crippen LogP contribution in [0.15, 0.2) is 0 Å². The molecule has 4 heteroatoms. The van der Waals surface area contributed by atoms with Crippen LogP contribution in [0.1, 0.15) is 26.7 Å². The molecule has 0 aromatic carbocycles. The van der Waals surface area contributed by atoms with Crippen molar-refractivity contribution in [1.82, 2.24) is 0 Å². The van der Waals surface area contributed by atoms with Gasteiger partial charge >= 0.3 is 0 Å². The summed E-state index contributed by atoms with van der Waals surface area (Å²) in [6.07, 6.45) is 0.863. The second kappa shape index (κ2) is 3.35. The fourth-order valence-electron chi connectivity index (χ4n) is 0.736. The Labute approximate surface area is 55.3 Å². The van der Waals surface area contributed by atoms with E-state index < -0.39 is 13.3 Å². The van der Waals surface area contributed by atoms with Gasteiger partial charge < -0.3 is 14.4 Å². The molecule has 0 radical (unpaired) electrons. The van der Waals surface area contributed by atoms with E-state index in [-0.39, 0.29) is 0 Å². The van der Waals surface area contributed by atoms with E-state index in [1.807, 2.05) is 0 Å². The summed E-state index contributed by atoms with van der Waals surface area (Å²) in [5, 5.41) is 0. The maximum atomic E-state index is 10.3. The molecule has 0 saturated carbocycles. The van der Waals surface area contributed by atoms with Gasteiger partial charge in [0, 0.05) is 0 Å². The number of rotatable bonds is 3. The number of hydrogen-bond acceptors (Lipinski definition) is 3. The topological polar surface area (TPSA) is 63.2 Å². The highest BCUT2D eigenvalue weighted by atomic mass is 31.2. The molecule has 56 valence electrons. The molecule has 0 fully saturated rings. The summed E-state index contributed by atoms with van der Waals surface area (Å²) in [6.45, 7) is 3.41. The normalized spacial score (nSPS) is 12.6. The molecule has 0 atom stereocenters. The minimum atomic E-state index is -4.28. The van der Waals surface area contributed by atoms with Gasteiger partial charge in [0.15, 0.2) is 0 Å². The maximum Gasteiger partial charge on any atom is -0.0139 e. The fourth-order valence-corrected chi connectivity index (χ4v) is 1.63. The van der Waals surface area contributed by atoms with Crippen molar-refractivity contribution in [2.24, 2.45) is 0 Å². The molecule has 0 rings (SSSR count). The lowest BCUT2D eigenvalue weighted by Crippen LogP contribution is -2.24. The van der Waals surface area contributed by atoms with Crippen LogP contribution in [0, 0.1) is 0 Å². The van der Waals surface area contributed by atoms with Gasteiger partial charge in [0.1, 0.15) is 0 Å². The molecular formula is C5H11O3P-2. The van der Waals surface area contributed by atoms with Crippen molar-refractivity contribution in [2.75, 3.05) is 0 Å². The van der Waals surface area contributed by atoms with Gasteiger partial charge in [0.05, 0.1) is 0 Å². The highest BCUT2D eigenvalue weighted by molar-refractivity contribution is 7.49. The highest BCUT2D eigenvalue weighted by Crippen LogP contribution is 2.35. The Kier molecular flexibility index (Phi) is 3.41. The lowest BCUT2D eigenvalue weighted by atomic mass is 10.3. The Bertz CT molecular complexity index is 113. The monoisotopic (exact) mass is 150 g/mol. The highest BCUT2D eigenvalue weighted by Gasteiger charge is 2.05. The largest absolute Gasteiger partial charge is 0.811 e. The molecule has 0 aromatic heterocycles. The first-order valence-electron chi connectivity index (χ1n) is 3.04. The molecule has 0 bridgehead atoms. The third-order valence-electron chi connectivity index (χ3n) is 1.39. The Morgan fingerprint density at radius 2 is 1.67 bits per heavy atom. The Balaban J connectivity index is 3.96. The predicted molar refractivity (Wildman–Crippen MR) is 32.0 cm³/mol. The van der Waals surface area contributed by atoms with Crippen LogP contribution >= 0.6 is 7.60 Å². The van der Waals surface area contributed by atoms with Gasteiger partial charge in [0.25, 0.3) is 0 Å². The predicted octanol–water partition coefficient (Wildman–Crippen LogP) is 0.0887. The molecular weight excluding hydrogens is 139 g/mol. The van der Waals surface area contributed by atoms with Gasteiger partial charge in [-0.3, -0.25) is 0 Å². The summed E-state index contributed by atoms with van der Waals surface area (Å²) in [6, 6.07) is 0. The van der Waals surface area contributed by atoms with Crippen molar-refractivity contribution in [1.29, 1.82) is 0 Å². The van der Waals surface area contributed by atoms with E-state index in [9.17, 15) is 14.4 Å². The van der Waals surface area contributed by atoms with E-state index in [4.69, 9.17) is 0 Å². The minimum absolute atomic E-state index is 0.431. The van der Waals surface area contributed by atoms with Crippen LogP contribution in [0.3, 0.4) is 0 Å². The van der Waals surface area contributed by atoms with Crippen LogP contribution in [-0.2, 0) is 4.57 Å². The molecule has 0 spiro atoms. The van der Waals surface area contributed by atoms with Crippen molar-refractivity contribution < 1.29 is 14.4 Å². The third-order valence-corrected chi connectivity index (χ3v) is 3.01. The van der Waals surface area contributed by atoms with Gasteiger partial charge in [-0.2, -0.15) is 0 Å². The van der Waals surface area contributed by atoms with Gasteiger partial charge in [-0.05, 0) is 18.5 Å². The lowest BCUT2D eigenvalue weighted by molar-refractivity contribution is -0.316. The van der Waals surface area contributed by atoms with Crippen molar-refractivity contribution in [3.8, 4) is 0 Å². The Morgan fingerprint density at radius 3 is 1.67 bits per heavy atom. The van der Waals surface area contributed by atoms with Gasteiger partial charge in [-0.15, -0.1) is 0 Å². The zero-order valence-corrected chi connectivity index (χ0v) is 6.56. The molecule has 9 heavy (non-hydrogen) atoms. The zero-order chi connectivity index (χ0) is 7.49. The van der Waals surface area contributed by atoms with E-state index in [1.54, 1.807) is 13.8 Å². The van der Waals surface area contributed by atoms with Crippen molar-refractivity contribution in [3.63, 3.8) is 0 Å². The van der Waals surface area contributed by atoms with Crippen molar-refractivity contribution in [3.05, 3.63) is 0 Å². The van der Waals surface area contributed by atoms with Crippen molar-refractivity contribution in [2.45, 2.75) is 32.3 Å². The number of hydrogen-bond donors (Lipinski definition) is 0. The lowest BCUT2D eigenvalue weighted by Gasteiger charge is -2.37. The fraction of sp³-hybridized carbons (Fsp3) is 1.00. The molecule has 0 N–H and O–H groups in total. The van der Waals surface area contributed by atoms with Gasteiger partial charge in [-0.25, -0.2) is 0 Å². The summed E-state index contributed by atoms with van der Waals surface area (Å²) >= 11 is 0. The molecule has 0 aliphatic heterocycles. The molecule has 0 amide bonds. The van der Waals surface area contributed by atoms with E-state index in [1.165, 1.54) is 0 Å². The first-order valence-corrected chi connectivity index (χ1v) is 4.65. The average molecular weight is 150 g/mol. The maximum absolute atomic E-state index is 10.3. The van der Waals surface area contributed by atoms with Crippen LogP contribution in [0.25, 0.3) is 0 Å². The quantitative estimate of drug-likeness (QED) is 0.535. The van der Waals surface area contributed by atoms with Crippen LogP contribution in [0.4, 0.5) is 0 Å². The van der Waals surface area contributed by atoms with Crippen LogP contribution in [0.5, 0.6) is 0 Å². The molecule has 3 nitrogen and oxygen atoms in total. The molecule has 0 saturated heterocycles. The second-order valence-electron chi connectivity index (χ2n) is 2.01. The molecule has 0 aliphatic carbocycles. The first kappa shape index (κ1) is 9.15. The van der Waals surface area contributed by atoms with E-state index in [0.717, 1.165) is 0 Å². The Morgan fingerprint density at radius 1 is 1.33 bits per heavy atom. The van der Waals surface area contributed by atoms with Gasteiger partial charge in [0.2, 0.25) is 0 Å². The summed E-state index contributed by atoms with van der Waals surface area (Å²) in [5.41, 5.74) is -0.655. The summed E-state index contributed by atoms with van der Waals surface area (Å²) in [5.74, 6) is 0. The molecule has 0 heterocycles. The van der Waals surface area contributed by atoms with Crippen LogP contribution in [0.2, 0.25) is 0 Å². The Hall–Kier alpha value is 0.150. The SMILES string of the molecule is CCC(CC)P(=O)([O-])[O-]. The zero-order valence-electron chi connectivity index (χ0n) is 5.66. The first-order chi connectivity index (χ1) is 4.02. The molecule has 0 unspecified atom stereocenters. The second-order valence-corrected chi connectivity index (χ2v) is 3.82. The van der Waals surface area contributed by atoms with Crippen molar-refractivity contribution >= 4 is 7.60 Å². The summed E-state index contributed by atoms with van der Waals surface area (Å²) in [7, 11) is -4.28. The van der Waals surface area contributed by atoms with E-state index in [2.05, 4.69) is 0 Å². The van der Waals surface area contributed by atoms with E-state index in [0.29, 0.717) is 12.8 Å². The third kappa shape index (κ3) is 2.99. The summed E-state index contributed by atoms with van der Waals surface area (Å²) in [4.78, 5) is 20.5.